The topological polar surface area (TPSA) is 56.2 Å². The number of halogens is 1. The zero-order valence-electron chi connectivity index (χ0n) is 14.3. The highest BCUT2D eigenvalue weighted by Gasteiger charge is 2.22. The first-order valence-electron chi connectivity index (χ1n) is 8.82. The lowest BCUT2D eigenvalue weighted by Gasteiger charge is -2.18. The Morgan fingerprint density at radius 3 is 3.12 bits per heavy atom. The molecule has 0 aliphatic carbocycles. The molecule has 0 saturated heterocycles. The Morgan fingerprint density at radius 2 is 2.19 bits per heavy atom. The molecule has 2 aromatic carbocycles. The van der Waals surface area contributed by atoms with Crippen LogP contribution in [0.5, 0.6) is 5.75 Å². The normalized spacial score (nSPS) is 16.6. The molecular formula is C20H20FN3O2. The Balaban J connectivity index is 1.43. The number of rotatable bonds is 4. The van der Waals surface area contributed by atoms with Crippen LogP contribution in [-0.2, 0) is 11.3 Å². The number of amides is 1. The van der Waals surface area contributed by atoms with E-state index >= 15 is 0 Å². The lowest BCUT2D eigenvalue weighted by molar-refractivity contribution is -0.122. The number of carbonyl (C=O) groups excluding carboxylic acids is 1. The Morgan fingerprint density at radius 1 is 1.31 bits per heavy atom. The maximum Gasteiger partial charge on any atom is 0.222 e. The number of benzene rings is 2. The summed E-state index contributed by atoms with van der Waals surface area (Å²) in [6, 6.07) is 12.2. The van der Waals surface area contributed by atoms with Gasteiger partial charge < -0.3 is 14.6 Å². The number of ether oxygens (including phenoxy) is 1. The molecule has 0 unspecified atom stereocenters. The van der Waals surface area contributed by atoms with Crippen LogP contribution in [0.15, 0.2) is 48.8 Å². The molecule has 6 heteroatoms. The second kappa shape index (κ2) is 7.15. The molecule has 4 rings (SSSR count). The van der Waals surface area contributed by atoms with Crippen LogP contribution in [0.1, 0.15) is 30.9 Å². The number of hydrogen-bond acceptors (Lipinski definition) is 3. The predicted octanol–water partition coefficient (Wildman–Crippen LogP) is 3.60. The van der Waals surface area contributed by atoms with Gasteiger partial charge in [0, 0.05) is 24.6 Å². The lowest BCUT2D eigenvalue weighted by Crippen LogP contribution is -2.29. The first kappa shape index (κ1) is 16.6. The molecule has 1 amide bonds. The van der Waals surface area contributed by atoms with Gasteiger partial charge in [-0.15, -0.1) is 0 Å². The molecule has 134 valence electrons. The van der Waals surface area contributed by atoms with Gasteiger partial charge in [-0.05, 0) is 31.0 Å². The van der Waals surface area contributed by atoms with E-state index in [9.17, 15) is 9.18 Å². The first-order valence-corrected chi connectivity index (χ1v) is 8.82. The molecular weight excluding hydrogens is 333 g/mol. The van der Waals surface area contributed by atoms with Gasteiger partial charge in [0.25, 0.3) is 0 Å². The molecule has 3 aromatic rings. The lowest BCUT2D eigenvalue weighted by atomic mass is 10.0. The maximum atomic E-state index is 13.4. The molecule has 1 aliphatic rings. The van der Waals surface area contributed by atoms with E-state index in [0.29, 0.717) is 25.3 Å². The molecule has 0 radical (unpaired) electrons. The summed E-state index contributed by atoms with van der Waals surface area (Å²) in [6.45, 7) is 1.09. The Labute approximate surface area is 150 Å². The van der Waals surface area contributed by atoms with Crippen molar-refractivity contribution in [1.29, 1.82) is 0 Å². The van der Waals surface area contributed by atoms with Crippen LogP contribution in [0, 0.1) is 5.82 Å². The molecule has 1 aromatic heterocycles. The van der Waals surface area contributed by atoms with Gasteiger partial charge >= 0.3 is 0 Å². The fourth-order valence-electron chi connectivity index (χ4n) is 3.37. The van der Waals surface area contributed by atoms with Crippen molar-refractivity contribution in [3.05, 3.63) is 60.2 Å². The SMILES string of the molecule is O=C(CCn1cnc2ccccc21)N[C@H]1CCCOc2cc(F)ccc21. The van der Waals surface area contributed by atoms with Crippen LogP contribution in [-0.4, -0.2) is 22.1 Å². The average molecular weight is 353 g/mol. The standard InChI is InChI=1S/C20H20FN3O2/c21-14-7-8-15-16(5-3-11-26-19(15)12-14)23-20(25)9-10-24-13-22-17-4-1-2-6-18(17)24/h1-2,4,6-8,12-13,16H,3,5,9-11H2,(H,23,25)/t16-/m0/s1. The molecule has 0 spiro atoms. The van der Waals surface area contributed by atoms with E-state index in [1.54, 1.807) is 12.4 Å². The average Bonchev–Trinajstić information content (AvgIpc) is 2.96. The fourth-order valence-corrected chi connectivity index (χ4v) is 3.37. The fraction of sp³-hybridized carbons (Fsp3) is 0.300. The van der Waals surface area contributed by atoms with E-state index in [1.807, 2.05) is 28.8 Å². The van der Waals surface area contributed by atoms with E-state index in [1.165, 1.54) is 12.1 Å². The molecule has 0 bridgehead atoms. The molecule has 1 N–H and O–H groups in total. The zero-order valence-corrected chi connectivity index (χ0v) is 14.3. The van der Waals surface area contributed by atoms with E-state index < -0.39 is 0 Å². The van der Waals surface area contributed by atoms with Crippen molar-refractivity contribution in [2.75, 3.05) is 6.61 Å². The first-order chi connectivity index (χ1) is 12.7. The number of imidazole rings is 1. The third-order valence-electron chi connectivity index (χ3n) is 4.69. The highest BCUT2D eigenvalue weighted by molar-refractivity contribution is 5.78. The number of carbonyl (C=O) groups is 1. The quantitative estimate of drug-likeness (QED) is 0.780. The van der Waals surface area contributed by atoms with Gasteiger partial charge in [0.1, 0.15) is 11.6 Å². The van der Waals surface area contributed by atoms with Crippen molar-refractivity contribution in [2.45, 2.75) is 31.8 Å². The minimum atomic E-state index is -0.331. The smallest absolute Gasteiger partial charge is 0.222 e. The number of para-hydroxylation sites is 2. The largest absolute Gasteiger partial charge is 0.493 e. The number of aromatic nitrogens is 2. The number of fused-ring (bicyclic) bond motifs is 2. The minimum absolute atomic E-state index is 0.0371. The van der Waals surface area contributed by atoms with Gasteiger partial charge in [0.05, 0.1) is 30.0 Å². The number of aryl methyl sites for hydroxylation is 1. The summed E-state index contributed by atoms with van der Waals surface area (Å²) >= 11 is 0. The van der Waals surface area contributed by atoms with Crippen LogP contribution in [0.2, 0.25) is 0 Å². The Kier molecular flexibility index (Phi) is 4.56. The van der Waals surface area contributed by atoms with Gasteiger partial charge in [-0.3, -0.25) is 4.79 Å². The summed E-state index contributed by atoms with van der Waals surface area (Å²) < 4.78 is 21.0. The van der Waals surface area contributed by atoms with Crippen LogP contribution in [0.25, 0.3) is 11.0 Å². The van der Waals surface area contributed by atoms with Crippen molar-refractivity contribution in [1.82, 2.24) is 14.9 Å². The summed E-state index contributed by atoms with van der Waals surface area (Å²) in [7, 11) is 0. The minimum Gasteiger partial charge on any atom is -0.493 e. The highest BCUT2D eigenvalue weighted by atomic mass is 19.1. The maximum absolute atomic E-state index is 13.4. The van der Waals surface area contributed by atoms with E-state index in [0.717, 1.165) is 29.4 Å². The van der Waals surface area contributed by atoms with Crippen molar-refractivity contribution in [3.63, 3.8) is 0 Å². The summed E-state index contributed by atoms with van der Waals surface area (Å²) in [5, 5.41) is 3.07. The summed E-state index contributed by atoms with van der Waals surface area (Å²) in [5.41, 5.74) is 2.78. The van der Waals surface area contributed by atoms with Crippen molar-refractivity contribution >= 4 is 16.9 Å². The monoisotopic (exact) mass is 353 g/mol. The molecule has 1 atom stereocenters. The van der Waals surface area contributed by atoms with E-state index in [4.69, 9.17) is 4.74 Å². The van der Waals surface area contributed by atoms with Crippen LogP contribution >= 0.6 is 0 Å². The van der Waals surface area contributed by atoms with E-state index in [2.05, 4.69) is 10.3 Å². The second-order valence-electron chi connectivity index (χ2n) is 6.47. The molecule has 0 saturated carbocycles. The summed E-state index contributed by atoms with van der Waals surface area (Å²) in [4.78, 5) is 16.8. The number of nitrogens with one attached hydrogen (secondary N) is 1. The molecule has 1 aliphatic heterocycles. The van der Waals surface area contributed by atoms with Gasteiger partial charge in [-0.1, -0.05) is 18.2 Å². The molecule has 5 nitrogen and oxygen atoms in total. The van der Waals surface area contributed by atoms with Crippen molar-refractivity contribution < 1.29 is 13.9 Å². The van der Waals surface area contributed by atoms with Gasteiger partial charge in [0.15, 0.2) is 0 Å². The van der Waals surface area contributed by atoms with Gasteiger partial charge in [0.2, 0.25) is 5.91 Å². The van der Waals surface area contributed by atoms with Crippen LogP contribution in [0.3, 0.4) is 0 Å². The Hall–Kier alpha value is -2.89. The second-order valence-corrected chi connectivity index (χ2v) is 6.47. The van der Waals surface area contributed by atoms with Crippen molar-refractivity contribution in [3.8, 4) is 5.75 Å². The number of hydrogen-bond donors (Lipinski definition) is 1. The van der Waals surface area contributed by atoms with Gasteiger partial charge in [-0.25, -0.2) is 9.37 Å². The third-order valence-corrected chi connectivity index (χ3v) is 4.69. The summed E-state index contributed by atoms with van der Waals surface area (Å²) in [6.07, 6.45) is 3.70. The molecule has 0 fully saturated rings. The zero-order chi connectivity index (χ0) is 17.9. The highest BCUT2D eigenvalue weighted by Crippen LogP contribution is 2.32. The molecule has 2 heterocycles. The predicted molar refractivity (Wildman–Crippen MR) is 96.4 cm³/mol. The summed E-state index contributed by atoms with van der Waals surface area (Å²) in [5.74, 6) is 0.154. The molecule has 26 heavy (non-hydrogen) atoms. The van der Waals surface area contributed by atoms with Crippen molar-refractivity contribution in [2.24, 2.45) is 0 Å². The Bertz CT molecular complexity index is 938. The van der Waals surface area contributed by atoms with E-state index in [-0.39, 0.29) is 17.8 Å². The number of nitrogens with zero attached hydrogens (tertiary/aromatic N) is 2. The van der Waals surface area contributed by atoms with Crippen LogP contribution < -0.4 is 10.1 Å². The van der Waals surface area contributed by atoms with Crippen LogP contribution in [0.4, 0.5) is 4.39 Å². The third kappa shape index (κ3) is 3.40. The van der Waals surface area contributed by atoms with Gasteiger partial charge in [-0.2, -0.15) is 0 Å².